The minimum absolute atomic E-state index is 0.0371. The molecule has 2 nitrogen and oxygen atoms in total. The van der Waals surface area contributed by atoms with Crippen LogP contribution in [0.4, 0.5) is 4.39 Å². The molecule has 4 heteroatoms. The Kier molecular flexibility index (Phi) is 2.87. The summed E-state index contributed by atoms with van der Waals surface area (Å²) in [6, 6.07) is 5.56. The van der Waals surface area contributed by atoms with Crippen LogP contribution in [0.15, 0.2) is 35.8 Å². The third kappa shape index (κ3) is 2.47. The number of carbonyl (C=O) groups excluding carboxylic acids is 1. The van der Waals surface area contributed by atoms with Crippen molar-refractivity contribution in [3.8, 4) is 0 Å². The predicted molar refractivity (Wildman–Crippen MR) is 56.5 cm³/mol. The Morgan fingerprint density at radius 1 is 1.33 bits per heavy atom. The van der Waals surface area contributed by atoms with E-state index in [2.05, 4.69) is 4.98 Å². The number of thiazole rings is 1. The summed E-state index contributed by atoms with van der Waals surface area (Å²) in [6.45, 7) is 0. The second kappa shape index (κ2) is 4.31. The van der Waals surface area contributed by atoms with E-state index in [9.17, 15) is 9.18 Å². The Morgan fingerprint density at radius 2 is 2.07 bits per heavy atom. The van der Waals surface area contributed by atoms with E-state index in [1.807, 2.05) is 5.38 Å². The zero-order valence-electron chi connectivity index (χ0n) is 7.81. The topological polar surface area (TPSA) is 30.0 Å². The van der Waals surface area contributed by atoms with Crippen molar-refractivity contribution in [1.82, 2.24) is 4.98 Å². The number of halogens is 1. The lowest BCUT2D eigenvalue weighted by Crippen LogP contribution is -2.02. The van der Waals surface area contributed by atoms with Gasteiger partial charge in [0.25, 0.3) is 0 Å². The fourth-order valence-corrected chi connectivity index (χ4v) is 1.83. The molecule has 1 aromatic carbocycles. The molecule has 0 aliphatic carbocycles. The average Bonchev–Trinajstić information content (AvgIpc) is 2.71. The van der Waals surface area contributed by atoms with Crippen LogP contribution in [-0.4, -0.2) is 10.8 Å². The van der Waals surface area contributed by atoms with Gasteiger partial charge in [-0.15, -0.1) is 11.3 Å². The van der Waals surface area contributed by atoms with Crippen molar-refractivity contribution in [1.29, 1.82) is 0 Å². The summed E-state index contributed by atoms with van der Waals surface area (Å²) >= 11 is 1.44. The van der Waals surface area contributed by atoms with E-state index in [0.29, 0.717) is 5.56 Å². The molecule has 76 valence electrons. The lowest BCUT2D eigenvalue weighted by atomic mass is 10.1. The largest absolute Gasteiger partial charge is 0.294 e. The van der Waals surface area contributed by atoms with E-state index in [4.69, 9.17) is 0 Å². The third-order valence-corrected chi connectivity index (χ3v) is 2.74. The number of hydrogen-bond acceptors (Lipinski definition) is 3. The zero-order valence-corrected chi connectivity index (χ0v) is 8.63. The summed E-state index contributed by atoms with van der Waals surface area (Å²) in [4.78, 5) is 15.7. The molecule has 0 aliphatic rings. The average molecular weight is 221 g/mol. The fraction of sp³-hybridized carbons (Fsp3) is 0.0909. The smallest absolute Gasteiger partial charge is 0.169 e. The molecule has 0 saturated carbocycles. The van der Waals surface area contributed by atoms with E-state index in [1.165, 1.54) is 35.6 Å². The summed E-state index contributed by atoms with van der Waals surface area (Å²) in [6.07, 6.45) is 1.95. The summed E-state index contributed by atoms with van der Waals surface area (Å²) in [5, 5.41) is 2.61. The lowest BCUT2D eigenvalue weighted by molar-refractivity contribution is 0.0993. The summed E-state index contributed by atoms with van der Waals surface area (Å²) in [7, 11) is 0. The van der Waals surface area contributed by atoms with E-state index >= 15 is 0 Å². The van der Waals surface area contributed by atoms with Gasteiger partial charge >= 0.3 is 0 Å². The van der Waals surface area contributed by atoms with Crippen LogP contribution < -0.4 is 0 Å². The van der Waals surface area contributed by atoms with Crippen LogP contribution >= 0.6 is 11.3 Å². The molecule has 2 rings (SSSR count). The maximum atomic E-state index is 12.6. The standard InChI is InChI=1S/C11H8FNOS/c12-9-3-1-8(2-4-9)10(14)7-11-13-5-6-15-11/h1-6H,7H2. The van der Waals surface area contributed by atoms with E-state index < -0.39 is 0 Å². The number of rotatable bonds is 3. The minimum atomic E-state index is -0.333. The number of benzene rings is 1. The van der Waals surface area contributed by atoms with Crippen LogP contribution in [0.25, 0.3) is 0 Å². The molecule has 0 saturated heterocycles. The number of Topliss-reactive ketones (excluding diaryl/α,β-unsaturated/α-hetero) is 1. The quantitative estimate of drug-likeness (QED) is 0.746. The van der Waals surface area contributed by atoms with Crippen LogP contribution in [0.1, 0.15) is 15.4 Å². The normalized spacial score (nSPS) is 10.2. The molecule has 15 heavy (non-hydrogen) atoms. The van der Waals surface area contributed by atoms with E-state index in [0.717, 1.165) is 5.01 Å². The highest BCUT2D eigenvalue weighted by atomic mass is 32.1. The number of carbonyl (C=O) groups is 1. The maximum Gasteiger partial charge on any atom is 0.169 e. The first kappa shape index (κ1) is 9.98. The summed E-state index contributed by atoms with van der Waals surface area (Å²) in [5.74, 6) is -0.370. The van der Waals surface area contributed by atoms with Gasteiger partial charge in [-0.05, 0) is 24.3 Å². The van der Waals surface area contributed by atoms with E-state index in [1.54, 1.807) is 6.20 Å². The molecule has 0 radical (unpaired) electrons. The van der Waals surface area contributed by atoms with Crippen LogP contribution in [0, 0.1) is 5.82 Å². The molecule has 0 bridgehead atoms. The second-order valence-corrected chi connectivity index (χ2v) is 4.01. The van der Waals surface area contributed by atoms with Gasteiger partial charge in [-0.25, -0.2) is 9.37 Å². The molecule has 2 aromatic rings. The molecule has 0 fully saturated rings. The fourth-order valence-electron chi connectivity index (χ4n) is 1.22. The Bertz CT molecular complexity index is 450. The first-order chi connectivity index (χ1) is 7.25. The van der Waals surface area contributed by atoms with Gasteiger partial charge in [-0.2, -0.15) is 0 Å². The highest BCUT2D eigenvalue weighted by Crippen LogP contribution is 2.10. The summed E-state index contributed by atoms with van der Waals surface area (Å²) in [5.41, 5.74) is 0.520. The van der Waals surface area contributed by atoms with Crippen molar-refractivity contribution < 1.29 is 9.18 Å². The van der Waals surface area contributed by atoms with Crippen molar-refractivity contribution in [2.75, 3.05) is 0 Å². The lowest BCUT2D eigenvalue weighted by Gasteiger charge is -1.97. The molecule has 0 amide bonds. The molecule has 0 spiro atoms. The molecule has 0 unspecified atom stereocenters. The van der Waals surface area contributed by atoms with Gasteiger partial charge in [0.15, 0.2) is 5.78 Å². The van der Waals surface area contributed by atoms with Gasteiger partial charge in [0, 0.05) is 17.1 Å². The van der Waals surface area contributed by atoms with Crippen molar-refractivity contribution in [3.63, 3.8) is 0 Å². The number of aromatic nitrogens is 1. The van der Waals surface area contributed by atoms with Crippen LogP contribution in [0.5, 0.6) is 0 Å². The molecule has 0 aliphatic heterocycles. The highest BCUT2D eigenvalue weighted by Gasteiger charge is 2.08. The van der Waals surface area contributed by atoms with Crippen molar-refractivity contribution >= 4 is 17.1 Å². The Morgan fingerprint density at radius 3 is 2.67 bits per heavy atom. The van der Waals surface area contributed by atoms with Crippen molar-refractivity contribution in [2.45, 2.75) is 6.42 Å². The van der Waals surface area contributed by atoms with Gasteiger partial charge in [0.2, 0.25) is 0 Å². The zero-order chi connectivity index (χ0) is 10.7. The molecule has 0 atom stereocenters. The van der Waals surface area contributed by atoms with E-state index in [-0.39, 0.29) is 18.0 Å². The Balaban J connectivity index is 2.11. The first-order valence-corrected chi connectivity index (χ1v) is 5.31. The maximum absolute atomic E-state index is 12.6. The minimum Gasteiger partial charge on any atom is -0.294 e. The summed E-state index contributed by atoms with van der Waals surface area (Å²) < 4.78 is 12.6. The predicted octanol–water partition coefficient (Wildman–Crippen LogP) is 2.71. The molecule has 1 aromatic heterocycles. The van der Waals surface area contributed by atoms with Gasteiger partial charge in [0.1, 0.15) is 10.8 Å². The number of nitrogens with zero attached hydrogens (tertiary/aromatic N) is 1. The number of hydrogen-bond donors (Lipinski definition) is 0. The Labute approximate surface area is 90.4 Å². The monoisotopic (exact) mass is 221 g/mol. The molecule has 0 N–H and O–H groups in total. The molecule has 1 heterocycles. The van der Waals surface area contributed by atoms with Gasteiger partial charge in [0.05, 0.1) is 6.42 Å². The first-order valence-electron chi connectivity index (χ1n) is 4.43. The Hall–Kier alpha value is -1.55. The highest BCUT2D eigenvalue weighted by molar-refractivity contribution is 7.09. The third-order valence-electron chi connectivity index (χ3n) is 1.96. The van der Waals surface area contributed by atoms with Gasteiger partial charge < -0.3 is 0 Å². The van der Waals surface area contributed by atoms with Gasteiger partial charge in [-0.3, -0.25) is 4.79 Å². The van der Waals surface area contributed by atoms with Gasteiger partial charge in [-0.1, -0.05) is 0 Å². The van der Waals surface area contributed by atoms with Crippen molar-refractivity contribution in [2.24, 2.45) is 0 Å². The van der Waals surface area contributed by atoms with Crippen LogP contribution in [0.3, 0.4) is 0 Å². The van der Waals surface area contributed by atoms with Crippen LogP contribution in [0.2, 0.25) is 0 Å². The molecular weight excluding hydrogens is 213 g/mol. The second-order valence-electron chi connectivity index (χ2n) is 3.03. The molecular formula is C11H8FNOS. The van der Waals surface area contributed by atoms with Crippen LogP contribution in [-0.2, 0) is 6.42 Å². The SMILES string of the molecule is O=C(Cc1nccs1)c1ccc(F)cc1. The number of ketones is 1. The van der Waals surface area contributed by atoms with Crippen molar-refractivity contribution in [3.05, 3.63) is 52.2 Å².